The van der Waals surface area contributed by atoms with Crippen molar-refractivity contribution >= 4 is 11.6 Å². The van der Waals surface area contributed by atoms with Gasteiger partial charge in [0.1, 0.15) is 5.69 Å². The van der Waals surface area contributed by atoms with Crippen LogP contribution in [-0.4, -0.2) is 18.5 Å². The van der Waals surface area contributed by atoms with Crippen LogP contribution in [0.1, 0.15) is 17.7 Å². The molecule has 0 radical (unpaired) electrons. The van der Waals surface area contributed by atoms with Crippen molar-refractivity contribution in [2.24, 2.45) is 0 Å². The third-order valence-corrected chi connectivity index (χ3v) is 2.09. The summed E-state index contributed by atoms with van der Waals surface area (Å²) >= 11 is 5.37. The van der Waals surface area contributed by atoms with Gasteiger partial charge in [-0.25, -0.2) is 13.8 Å². The summed E-state index contributed by atoms with van der Waals surface area (Å²) in [5, 5.41) is 0. The van der Waals surface area contributed by atoms with Gasteiger partial charge in [-0.2, -0.15) is 0 Å². The number of alkyl halides is 6. The molecule has 0 unspecified atom stereocenters. The maximum atomic E-state index is 12.6. The van der Waals surface area contributed by atoms with Crippen LogP contribution in [0.15, 0.2) is 6.07 Å². The molecule has 1 heterocycles. The van der Waals surface area contributed by atoms with Crippen molar-refractivity contribution in [3.05, 3.63) is 17.3 Å². The van der Waals surface area contributed by atoms with Crippen molar-refractivity contribution in [2.45, 2.75) is 18.7 Å². The van der Waals surface area contributed by atoms with Gasteiger partial charge in [-0.05, 0) is 6.07 Å². The first-order valence-corrected chi connectivity index (χ1v) is 4.99. The van der Waals surface area contributed by atoms with Crippen molar-refractivity contribution in [2.75, 3.05) is 7.11 Å². The van der Waals surface area contributed by atoms with Crippen molar-refractivity contribution in [1.82, 2.24) is 4.98 Å². The highest BCUT2D eigenvalue weighted by atomic mass is 35.5. The van der Waals surface area contributed by atoms with Crippen LogP contribution in [0.3, 0.4) is 0 Å². The highest BCUT2D eigenvalue weighted by Gasteiger charge is 2.33. The van der Waals surface area contributed by atoms with Gasteiger partial charge >= 0.3 is 6.36 Å². The summed E-state index contributed by atoms with van der Waals surface area (Å²) in [5.41, 5.74) is -1.14. The number of methoxy groups -OCH3 is 1. The van der Waals surface area contributed by atoms with Crippen LogP contribution in [0.4, 0.5) is 22.0 Å². The standard InChI is InChI=1S/C9H7ClF5NO2/c1-17-8-4(7(11)12)2-6(5(3-10)16-8)18-9(13,14)15/h2,7H,3H2,1H3. The quantitative estimate of drug-likeness (QED) is 0.626. The van der Waals surface area contributed by atoms with Gasteiger partial charge in [0.2, 0.25) is 5.88 Å². The number of nitrogens with zero attached hydrogens (tertiary/aromatic N) is 1. The van der Waals surface area contributed by atoms with E-state index >= 15 is 0 Å². The Hall–Kier alpha value is -1.31. The minimum atomic E-state index is -5.02. The zero-order valence-electron chi connectivity index (χ0n) is 8.89. The Morgan fingerprint density at radius 1 is 1.39 bits per heavy atom. The SMILES string of the molecule is COc1nc(CCl)c(OC(F)(F)F)cc1C(F)F. The second kappa shape index (κ2) is 5.55. The molecule has 0 saturated heterocycles. The molecule has 0 aliphatic heterocycles. The molecule has 102 valence electrons. The molecule has 0 spiro atoms. The average Bonchev–Trinajstić information content (AvgIpc) is 2.26. The minimum Gasteiger partial charge on any atom is -0.481 e. The van der Waals surface area contributed by atoms with Crippen LogP contribution in [0.5, 0.6) is 11.6 Å². The Labute approximate surface area is 103 Å². The lowest BCUT2D eigenvalue weighted by Crippen LogP contribution is -2.19. The zero-order valence-corrected chi connectivity index (χ0v) is 9.65. The molecule has 3 nitrogen and oxygen atoms in total. The molecule has 0 bridgehead atoms. The van der Waals surface area contributed by atoms with Gasteiger partial charge in [-0.15, -0.1) is 24.8 Å². The Morgan fingerprint density at radius 2 is 2.00 bits per heavy atom. The predicted octanol–water partition coefficient (Wildman–Crippen LogP) is 3.67. The third kappa shape index (κ3) is 3.59. The van der Waals surface area contributed by atoms with Gasteiger partial charge in [0.15, 0.2) is 5.75 Å². The van der Waals surface area contributed by atoms with Gasteiger partial charge in [-0.1, -0.05) is 0 Å². The van der Waals surface area contributed by atoms with Crippen molar-refractivity contribution in [3.63, 3.8) is 0 Å². The fourth-order valence-corrected chi connectivity index (χ4v) is 1.35. The van der Waals surface area contributed by atoms with E-state index < -0.39 is 35.9 Å². The van der Waals surface area contributed by atoms with Crippen LogP contribution in [0, 0.1) is 0 Å². The number of hydrogen-bond donors (Lipinski definition) is 0. The van der Waals surface area contributed by atoms with Gasteiger partial charge in [0, 0.05) is 0 Å². The summed E-state index contributed by atoms with van der Waals surface area (Å²) in [4.78, 5) is 3.46. The Balaban J connectivity index is 3.27. The van der Waals surface area contributed by atoms with Crippen molar-refractivity contribution < 1.29 is 31.4 Å². The Kier molecular flexibility index (Phi) is 4.55. The van der Waals surface area contributed by atoms with Crippen molar-refractivity contribution in [1.29, 1.82) is 0 Å². The van der Waals surface area contributed by atoms with Crippen LogP contribution in [0.25, 0.3) is 0 Å². The fourth-order valence-electron chi connectivity index (χ4n) is 1.16. The maximum Gasteiger partial charge on any atom is 0.573 e. The summed E-state index contributed by atoms with van der Waals surface area (Å²) < 4.78 is 69.5. The molecule has 0 N–H and O–H groups in total. The molecular weight excluding hydrogens is 285 g/mol. The van der Waals surface area contributed by atoms with E-state index in [1.807, 2.05) is 0 Å². The molecule has 1 rings (SSSR count). The van der Waals surface area contributed by atoms with E-state index in [1.54, 1.807) is 0 Å². The predicted molar refractivity (Wildman–Crippen MR) is 52.0 cm³/mol. The number of aromatic nitrogens is 1. The zero-order chi connectivity index (χ0) is 13.9. The van der Waals surface area contributed by atoms with E-state index in [9.17, 15) is 22.0 Å². The van der Waals surface area contributed by atoms with Crippen LogP contribution in [0.2, 0.25) is 0 Å². The van der Waals surface area contributed by atoms with E-state index in [4.69, 9.17) is 11.6 Å². The number of rotatable bonds is 4. The molecule has 0 fully saturated rings. The first kappa shape index (κ1) is 14.7. The van der Waals surface area contributed by atoms with Gasteiger partial charge in [-0.3, -0.25) is 0 Å². The normalized spacial score (nSPS) is 11.8. The number of halogens is 6. The van der Waals surface area contributed by atoms with Gasteiger partial charge in [0.05, 0.1) is 18.6 Å². The summed E-state index contributed by atoms with van der Waals surface area (Å²) in [6.07, 6.45) is -8.07. The first-order chi connectivity index (χ1) is 8.28. The van der Waals surface area contributed by atoms with E-state index in [1.165, 1.54) is 0 Å². The smallest absolute Gasteiger partial charge is 0.481 e. The molecule has 0 aliphatic carbocycles. The molecule has 0 aromatic carbocycles. The van der Waals surface area contributed by atoms with Gasteiger partial charge < -0.3 is 9.47 Å². The molecule has 9 heteroatoms. The lowest BCUT2D eigenvalue weighted by molar-refractivity contribution is -0.275. The van der Waals surface area contributed by atoms with E-state index in [-0.39, 0.29) is 5.69 Å². The molecule has 18 heavy (non-hydrogen) atoms. The average molecular weight is 292 g/mol. The van der Waals surface area contributed by atoms with Crippen molar-refractivity contribution in [3.8, 4) is 11.6 Å². The van der Waals surface area contributed by atoms with E-state index in [0.717, 1.165) is 7.11 Å². The Bertz CT molecular complexity index is 424. The maximum absolute atomic E-state index is 12.6. The van der Waals surface area contributed by atoms with E-state index in [0.29, 0.717) is 6.07 Å². The molecule has 0 amide bonds. The summed E-state index contributed by atoms with van der Waals surface area (Å²) in [5.74, 6) is -1.80. The molecule has 0 saturated carbocycles. The highest BCUT2D eigenvalue weighted by molar-refractivity contribution is 6.17. The second-order valence-electron chi connectivity index (χ2n) is 3.01. The van der Waals surface area contributed by atoms with Gasteiger partial charge in [0.25, 0.3) is 6.43 Å². The fraction of sp³-hybridized carbons (Fsp3) is 0.444. The topological polar surface area (TPSA) is 31.4 Å². The lowest BCUT2D eigenvalue weighted by atomic mass is 10.2. The Morgan fingerprint density at radius 3 is 2.39 bits per heavy atom. The molecule has 1 aromatic rings. The first-order valence-electron chi connectivity index (χ1n) is 4.46. The molecule has 0 atom stereocenters. The van der Waals surface area contributed by atoms with Crippen LogP contribution >= 0.6 is 11.6 Å². The van der Waals surface area contributed by atoms with Crippen LogP contribution in [-0.2, 0) is 5.88 Å². The molecule has 0 aliphatic rings. The van der Waals surface area contributed by atoms with Crippen LogP contribution < -0.4 is 9.47 Å². The lowest BCUT2D eigenvalue weighted by Gasteiger charge is -2.14. The number of ether oxygens (including phenoxy) is 2. The summed E-state index contributed by atoms with van der Waals surface area (Å²) in [6.45, 7) is 0. The number of hydrogen-bond acceptors (Lipinski definition) is 3. The largest absolute Gasteiger partial charge is 0.573 e. The monoisotopic (exact) mass is 291 g/mol. The summed E-state index contributed by atoms with van der Waals surface area (Å²) in [7, 11) is 1.07. The molecule has 1 aromatic heterocycles. The minimum absolute atomic E-state index is 0.338. The molecular formula is C9H7ClF5NO2. The van der Waals surface area contributed by atoms with E-state index in [2.05, 4.69) is 14.5 Å². The third-order valence-electron chi connectivity index (χ3n) is 1.84. The number of pyridine rings is 1. The highest BCUT2D eigenvalue weighted by Crippen LogP contribution is 2.35. The summed E-state index contributed by atoms with van der Waals surface area (Å²) in [6, 6.07) is 0.516. The second-order valence-corrected chi connectivity index (χ2v) is 3.28.